The lowest BCUT2D eigenvalue weighted by Gasteiger charge is -2.59. The maximum atomic E-state index is 12.8. The van der Waals surface area contributed by atoms with Crippen LogP contribution in [0.1, 0.15) is 70.8 Å². The highest BCUT2D eigenvalue weighted by Gasteiger charge is 2.61. The lowest BCUT2D eigenvalue weighted by atomic mass is 9.44. The minimum absolute atomic E-state index is 0.0891. The summed E-state index contributed by atoms with van der Waals surface area (Å²) in [6, 6.07) is 10.8. The summed E-state index contributed by atoms with van der Waals surface area (Å²) in [5.74, 6) is 3.27. The number of aryl methyl sites for hydroxylation is 1. The van der Waals surface area contributed by atoms with Gasteiger partial charge >= 0.3 is 0 Å². The first-order valence-electron chi connectivity index (χ1n) is 11.7. The molecule has 4 aliphatic carbocycles. The number of allylic oxidation sites excluding steroid dienone is 1. The largest absolute Gasteiger partial charge is 0.299 e. The summed E-state index contributed by atoms with van der Waals surface area (Å²) in [4.78, 5) is 25.1. The monoisotopic (exact) mass is 390 g/mol. The molecule has 154 valence electrons. The number of Topliss-reactive ketones (excluding diaryl/α,β-unsaturated/α-hetero) is 1. The van der Waals surface area contributed by atoms with Crippen molar-refractivity contribution >= 4 is 11.6 Å². The van der Waals surface area contributed by atoms with Crippen LogP contribution in [-0.2, 0) is 16.0 Å². The van der Waals surface area contributed by atoms with Crippen molar-refractivity contribution in [2.24, 2.45) is 34.5 Å². The quantitative estimate of drug-likeness (QED) is 0.639. The summed E-state index contributed by atoms with van der Waals surface area (Å²) in [7, 11) is 0. The van der Waals surface area contributed by atoms with Gasteiger partial charge in [-0.2, -0.15) is 0 Å². The maximum Gasteiger partial charge on any atom is 0.155 e. The Hall–Kier alpha value is -1.70. The second-order valence-corrected chi connectivity index (χ2v) is 10.8. The third-order valence-electron chi connectivity index (χ3n) is 9.49. The molecule has 0 amide bonds. The number of fused-ring (bicyclic) bond motifs is 5. The Balaban J connectivity index is 1.50. The number of rotatable bonds is 3. The fourth-order valence-corrected chi connectivity index (χ4v) is 7.77. The minimum Gasteiger partial charge on any atom is -0.299 e. The van der Waals surface area contributed by atoms with Crippen LogP contribution in [0, 0.1) is 34.5 Å². The Morgan fingerprint density at radius 2 is 1.69 bits per heavy atom. The number of hydrogen-bond donors (Lipinski definition) is 0. The van der Waals surface area contributed by atoms with E-state index in [0.717, 1.165) is 44.9 Å². The van der Waals surface area contributed by atoms with Crippen LogP contribution in [0.3, 0.4) is 0 Å². The minimum atomic E-state index is -0.0891. The molecule has 0 radical (unpaired) electrons. The van der Waals surface area contributed by atoms with E-state index in [9.17, 15) is 9.59 Å². The molecule has 0 spiro atoms. The Morgan fingerprint density at radius 3 is 2.48 bits per heavy atom. The van der Waals surface area contributed by atoms with Gasteiger partial charge < -0.3 is 0 Å². The molecule has 6 atom stereocenters. The zero-order valence-electron chi connectivity index (χ0n) is 18.0. The van der Waals surface area contributed by atoms with Gasteiger partial charge in [0, 0.05) is 18.3 Å². The van der Waals surface area contributed by atoms with Crippen LogP contribution in [0.4, 0.5) is 0 Å². The van der Waals surface area contributed by atoms with Gasteiger partial charge in [-0.1, -0.05) is 49.8 Å². The normalized spacial score (nSPS) is 41.4. The van der Waals surface area contributed by atoms with Crippen LogP contribution >= 0.6 is 0 Å². The van der Waals surface area contributed by atoms with E-state index < -0.39 is 0 Å². The fourth-order valence-electron chi connectivity index (χ4n) is 7.77. The Kier molecular flexibility index (Phi) is 4.60. The van der Waals surface area contributed by atoms with Crippen LogP contribution in [0.5, 0.6) is 0 Å². The van der Waals surface area contributed by atoms with Gasteiger partial charge in [0.15, 0.2) is 5.78 Å². The van der Waals surface area contributed by atoms with Gasteiger partial charge in [0.05, 0.1) is 0 Å². The van der Waals surface area contributed by atoms with Crippen LogP contribution in [-0.4, -0.2) is 11.6 Å². The van der Waals surface area contributed by atoms with Crippen molar-refractivity contribution in [3.8, 4) is 0 Å². The first kappa shape index (κ1) is 19.3. The van der Waals surface area contributed by atoms with Crippen molar-refractivity contribution in [2.45, 2.75) is 71.6 Å². The maximum absolute atomic E-state index is 12.8. The lowest BCUT2D eigenvalue weighted by molar-refractivity contribution is -0.135. The molecular formula is C27H34O2. The Morgan fingerprint density at radius 1 is 0.931 bits per heavy atom. The van der Waals surface area contributed by atoms with Gasteiger partial charge in [0.25, 0.3) is 0 Å². The second kappa shape index (κ2) is 6.93. The first-order valence-corrected chi connectivity index (χ1v) is 11.7. The van der Waals surface area contributed by atoms with Crippen molar-refractivity contribution < 1.29 is 9.59 Å². The number of carbonyl (C=O) groups excluding carboxylic acids is 2. The lowest BCUT2D eigenvalue weighted by Crippen LogP contribution is -2.53. The van der Waals surface area contributed by atoms with E-state index in [0.29, 0.717) is 41.7 Å². The van der Waals surface area contributed by atoms with Gasteiger partial charge in [0.1, 0.15) is 5.78 Å². The molecule has 0 N–H and O–H groups in total. The smallest absolute Gasteiger partial charge is 0.155 e. The summed E-state index contributed by atoms with van der Waals surface area (Å²) >= 11 is 0. The number of benzene rings is 1. The standard InChI is InChI=1S/C27H34O2/c1-26-14-12-21(28)17-20(26)16-19(9-8-18-6-4-3-5-7-18)25-22-10-11-24(29)27(22,2)15-13-23(25)26/h3-7,17,19,22-23,25H,8-16H2,1-2H3/t19?,22?,23?,25?,26-,27-/m0/s1. The van der Waals surface area contributed by atoms with Crippen molar-refractivity contribution in [2.75, 3.05) is 0 Å². The molecule has 3 fully saturated rings. The van der Waals surface area contributed by atoms with Crippen molar-refractivity contribution in [3.63, 3.8) is 0 Å². The topological polar surface area (TPSA) is 34.1 Å². The molecule has 2 heteroatoms. The molecule has 1 aromatic rings. The van der Waals surface area contributed by atoms with Crippen LogP contribution in [0.2, 0.25) is 0 Å². The van der Waals surface area contributed by atoms with Gasteiger partial charge in [0.2, 0.25) is 0 Å². The second-order valence-electron chi connectivity index (χ2n) is 10.8. The highest BCUT2D eigenvalue weighted by molar-refractivity contribution is 5.91. The number of ketones is 2. The van der Waals surface area contributed by atoms with Crippen LogP contribution in [0.25, 0.3) is 0 Å². The van der Waals surface area contributed by atoms with E-state index in [-0.39, 0.29) is 10.8 Å². The van der Waals surface area contributed by atoms with E-state index in [1.54, 1.807) is 0 Å². The molecule has 4 unspecified atom stereocenters. The average Bonchev–Trinajstić information content (AvgIpc) is 3.02. The highest BCUT2D eigenvalue weighted by atomic mass is 16.1. The molecule has 0 heterocycles. The predicted octanol–water partition coefficient (Wildman–Crippen LogP) is 5.95. The van der Waals surface area contributed by atoms with Crippen molar-refractivity contribution in [1.29, 1.82) is 0 Å². The average molecular weight is 391 g/mol. The highest BCUT2D eigenvalue weighted by Crippen LogP contribution is 2.66. The van der Waals surface area contributed by atoms with Gasteiger partial charge in [-0.15, -0.1) is 0 Å². The first-order chi connectivity index (χ1) is 13.9. The summed E-state index contributed by atoms with van der Waals surface area (Å²) in [5.41, 5.74) is 2.93. The zero-order valence-corrected chi connectivity index (χ0v) is 18.0. The van der Waals surface area contributed by atoms with Gasteiger partial charge in [-0.25, -0.2) is 0 Å². The van der Waals surface area contributed by atoms with Crippen molar-refractivity contribution in [3.05, 3.63) is 47.5 Å². The molecule has 0 bridgehead atoms. The van der Waals surface area contributed by atoms with E-state index in [1.165, 1.54) is 17.6 Å². The van der Waals surface area contributed by atoms with E-state index in [4.69, 9.17) is 0 Å². The van der Waals surface area contributed by atoms with Gasteiger partial charge in [-0.3, -0.25) is 9.59 Å². The molecule has 0 aromatic heterocycles. The number of carbonyl (C=O) groups is 2. The fraction of sp³-hybridized carbons (Fsp3) is 0.630. The van der Waals surface area contributed by atoms with Crippen LogP contribution in [0.15, 0.2) is 42.0 Å². The molecular weight excluding hydrogens is 356 g/mol. The summed E-state index contributed by atoms with van der Waals surface area (Å²) in [6.07, 6.45) is 11.2. The van der Waals surface area contributed by atoms with E-state index in [1.807, 2.05) is 6.08 Å². The third kappa shape index (κ3) is 2.97. The molecule has 29 heavy (non-hydrogen) atoms. The van der Waals surface area contributed by atoms with Crippen molar-refractivity contribution in [1.82, 2.24) is 0 Å². The molecule has 2 nitrogen and oxygen atoms in total. The molecule has 3 saturated carbocycles. The molecule has 0 saturated heterocycles. The Bertz CT molecular complexity index is 853. The molecule has 1 aromatic carbocycles. The Labute approximate surface area is 175 Å². The van der Waals surface area contributed by atoms with Crippen LogP contribution < -0.4 is 0 Å². The van der Waals surface area contributed by atoms with E-state index >= 15 is 0 Å². The summed E-state index contributed by atoms with van der Waals surface area (Å²) < 4.78 is 0. The predicted molar refractivity (Wildman–Crippen MR) is 115 cm³/mol. The summed E-state index contributed by atoms with van der Waals surface area (Å²) in [5, 5.41) is 0. The summed E-state index contributed by atoms with van der Waals surface area (Å²) in [6.45, 7) is 4.71. The van der Waals surface area contributed by atoms with Gasteiger partial charge in [-0.05, 0) is 85.7 Å². The molecule has 0 aliphatic heterocycles. The molecule has 5 rings (SSSR count). The zero-order chi connectivity index (χ0) is 20.2. The third-order valence-corrected chi connectivity index (χ3v) is 9.49. The number of hydrogen-bond acceptors (Lipinski definition) is 2. The molecule has 4 aliphatic rings. The SMILES string of the molecule is C[C@]12CCC(=O)C=C1CC(CCc1ccccc1)C1C2CC[C@]2(C)C(=O)CCC12. The van der Waals surface area contributed by atoms with E-state index in [2.05, 4.69) is 44.2 Å².